The van der Waals surface area contributed by atoms with Gasteiger partial charge in [-0.1, -0.05) is 64.3 Å². The van der Waals surface area contributed by atoms with Crippen molar-refractivity contribution >= 4 is 0 Å². The zero-order chi connectivity index (χ0) is 15.1. The van der Waals surface area contributed by atoms with E-state index in [9.17, 15) is 0 Å². The maximum atomic E-state index is 3.84. The van der Waals surface area contributed by atoms with Gasteiger partial charge in [0.05, 0.1) is 0 Å². The third kappa shape index (κ3) is 5.12. The van der Waals surface area contributed by atoms with Gasteiger partial charge in [0.1, 0.15) is 0 Å². The Morgan fingerprint density at radius 3 is 2.86 bits per heavy atom. The molecule has 1 aromatic carbocycles. The van der Waals surface area contributed by atoms with Crippen molar-refractivity contribution in [1.29, 1.82) is 0 Å². The molecular weight excluding hydrogens is 256 g/mol. The predicted molar refractivity (Wildman–Crippen MR) is 91.4 cm³/mol. The second kappa shape index (κ2) is 7.95. The van der Waals surface area contributed by atoms with E-state index in [0.717, 1.165) is 19.6 Å². The highest BCUT2D eigenvalue weighted by Gasteiger charge is 2.22. The van der Waals surface area contributed by atoms with Crippen LogP contribution < -0.4 is 10.6 Å². The van der Waals surface area contributed by atoms with E-state index in [-0.39, 0.29) is 0 Å². The van der Waals surface area contributed by atoms with Crippen LogP contribution in [0.3, 0.4) is 0 Å². The molecule has 1 aromatic rings. The molecule has 0 aliphatic carbocycles. The van der Waals surface area contributed by atoms with Gasteiger partial charge in [-0.3, -0.25) is 0 Å². The van der Waals surface area contributed by atoms with Crippen molar-refractivity contribution in [3.63, 3.8) is 0 Å². The lowest BCUT2D eigenvalue weighted by molar-refractivity contribution is 0.284. The molecule has 0 aromatic heterocycles. The summed E-state index contributed by atoms with van der Waals surface area (Å²) in [4.78, 5) is 0. The van der Waals surface area contributed by atoms with Crippen LogP contribution in [-0.2, 0) is 6.54 Å². The summed E-state index contributed by atoms with van der Waals surface area (Å²) in [6.07, 6.45) is 6.53. The first-order chi connectivity index (χ1) is 10.1. The van der Waals surface area contributed by atoms with Crippen molar-refractivity contribution in [3.8, 4) is 0 Å². The van der Waals surface area contributed by atoms with E-state index in [2.05, 4.69) is 55.7 Å². The van der Waals surface area contributed by atoms with E-state index in [1.165, 1.54) is 43.2 Å². The molecular formula is C19H32N2. The number of nitrogens with one attached hydrogen (secondary N) is 2. The molecule has 21 heavy (non-hydrogen) atoms. The molecule has 0 radical (unpaired) electrons. The SMILES string of the molecule is CCCCCC(C)(C)CNC1CCNCc2ccccc21. The molecule has 1 atom stereocenters. The van der Waals surface area contributed by atoms with Crippen LogP contribution in [0.2, 0.25) is 0 Å². The van der Waals surface area contributed by atoms with Gasteiger partial charge in [0.2, 0.25) is 0 Å². The van der Waals surface area contributed by atoms with E-state index < -0.39 is 0 Å². The molecule has 118 valence electrons. The molecule has 0 spiro atoms. The fourth-order valence-electron chi connectivity index (χ4n) is 3.21. The highest BCUT2D eigenvalue weighted by molar-refractivity contribution is 5.31. The van der Waals surface area contributed by atoms with Crippen LogP contribution in [0, 0.1) is 5.41 Å². The molecule has 2 N–H and O–H groups in total. The maximum Gasteiger partial charge on any atom is 0.0335 e. The second-order valence-corrected chi connectivity index (χ2v) is 7.22. The van der Waals surface area contributed by atoms with E-state index in [0.29, 0.717) is 11.5 Å². The van der Waals surface area contributed by atoms with Crippen molar-refractivity contribution in [2.24, 2.45) is 5.41 Å². The Hall–Kier alpha value is -0.860. The number of hydrogen-bond acceptors (Lipinski definition) is 2. The lowest BCUT2D eigenvalue weighted by Gasteiger charge is -2.29. The van der Waals surface area contributed by atoms with Gasteiger partial charge in [0, 0.05) is 19.1 Å². The average molecular weight is 288 g/mol. The lowest BCUT2D eigenvalue weighted by Crippen LogP contribution is -2.33. The van der Waals surface area contributed by atoms with Crippen LogP contribution in [-0.4, -0.2) is 13.1 Å². The summed E-state index contributed by atoms with van der Waals surface area (Å²) in [6, 6.07) is 9.38. The van der Waals surface area contributed by atoms with Crippen LogP contribution in [0.25, 0.3) is 0 Å². The first kappa shape index (κ1) is 16.5. The van der Waals surface area contributed by atoms with E-state index >= 15 is 0 Å². The van der Waals surface area contributed by atoms with E-state index in [4.69, 9.17) is 0 Å². The summed E-state index contributed by atoms with van der Waals surface area (Å²) < 4.78 is 0. The van der Waals surface area contributed by atoms with Crippen LogP contribution >= 0.6 is 0 Å². The Labute approximate surface area is 130 Å². The molecule has 0 saturated heterocycles. The number of benzene rings is 1. The first-order valence-electron chi connectivity index (χ1n) is 8.64. The number of hydrogen-bond donors (Lipinski definition) is 2. The minimum absolute atomic E-state index is 0.393. The van der Waals surface area contributed by atoms with E-state index in [1.807, 2.05) is 0 Å². The zero-order valence-corrected chi connectivity index (χ0v) is 14.0. The molecule has 2 nitrogen and oxygen atoms in total. The predicted octanol–water partition coefficient (Wildman–Crippen LogP) is 4.42. The highest BCUT2D eigenvalue weighted by atomic mass is 15.0. The monoisotopic (exact) mass is 288 g/mol. The van der Waals surface area contributed by atoms with Crippen LogP contribution in [0.4, 0.5) is 0 Å². The van der Waals surface area contributed by atoms with Crippen LogP contribution in [0.15, 0.2) is 24.3 Å². The van der Waals surface area contributed by atoms with E-state index in [1.54, 1.807) is 0 Å². The smallest absolute Gasteiger partial charge is 0.0335 e. The second-order valence-electron chi connectivity index (χ2n) is 7.22. The quantitative estimate of drug-likeness (QED) is 0.726. The van der Waals surface area contributed by atoms with Crippen LogP contribution in [0.1, 0.15) is 70.0 Å². The van der Waals surface area contributed by atoms with Gasteiger partial charge in [-0.25, -0.2) is 0 Å². The summed E-state index contributed by atoms with van der Waals surface area (Å²) in [5.41, 5.74) is 3.34. The van der Waals surface area contributed by atoms with Gasteiger partial charge >= 0.3 is 0 Å². The van der Waals surface area contributed by atoms with Gasteiger partial charge in [0.15, 0.2) is 0 Å². The summed E-state index contributed by atoms with van der Waals surface area (Å²) in [5.74, 6) is 0. The summed E-state index contributed by atoms with van der Waals surface area (Å²) in [5, 5.41) is 7.38. The molecule has 2 heteroatoms. The van der Waals surface area contributed by atoms with Gasteiger partial charge < -0.3 is 10.6 Å². The number of unbranched alkanes of at least 4 members (excludes halogenated alkanes) is 2. The largest absolute Gasteiger partial charge is 0.313 e. The maximum absolute atomic E-state index is 3.84. The Kier molecular flexibility index (Phi) is 6.25. The summed E-state index contributed by atoms with van der Waals surface area (Å²) in [7, 11) is 0. The summed E-state index contributed by atoms with van der Waals surface area (Å²) >= 11 is 0. The molecule has 2 rings (SSSR count). The molecule has 0 fully saturated rings. The molecule has 1 unspecified atom stereocenters. The fraction of sp³-hybridized carbons (Fsp3) is 0.684. The van der Waals surface area contributed by atoms with Crippen molar-refractivity contribution in [2.75, 3.05) is 13.1 Å². The number of fused-ring (bicyclic) bond motifs is 1. The van der Waals surface area contributed by atoms with Gasteiger partial charge in [0.25, 0.3) is 0 Å². The van der Waals surface area contributed by atoms with Gasteiger partial charge in [-0.2, -0.15) is 0 Å². The third-order valence-corrected chi connectivity index (χ3v) is 4.64. The normalized spacial score (nSPS) is 19.1. The fourth-order valence-corrected chi connectivity index (χ4v) is 3.21. The van der Waals surface area contributed by atoms with Gasteiger partial charge in [-0.05, 0) is 35.9 Å². The number of rotatable bonds is 7. The van der Waals surface area contributed by atoms with Crippen molar-refractivity contribution in [3.05, 3.63) is 35.4 Å². The average Bonchev–Trinajstić information content (AvgIpc) is 2.68. The third-order valence-electron chi connectivity index (χ3n) is 4.64. The molecule has 1 heterocycles. The minimum Gasteiger partial charge on any atom is -0.313 e. The highest BCUT2D eigenvalue weighted by Crippen LogP contribution is 2.27. The van der Waals surface area contributed by atoms with Crippen molar-refractivity contribution in [1.82, 2.24) is 10.6 Å². The summed E-state index contributed by atoms with van der Waals surface area (Å²) in [6.45, 7) is 10.3. The zero-order valence-electron chi connectivity index (χ0n) is 14.0. The Morgan fingerprint density at radius 1 is 1.24 bits per heavy atom. The molecule has 0 amide bonds. The van der Waals surface area contributed by atoms with Gasteiger partial charge in [-0.15, -0.1) is 0 Å². The Morgan fingerprint density at radius 2 is 2.05 bits per heavy atom. The molecule has 1 aliphatic heterocycles. The van der Waals surface area contributed by atoms with Crippen molar-refractivity contribution in [2.45, 2.75) is 65.5 Å². The Balaban J connectivity index is 1.93. The van der Waals surface area contributed by atoms with Crippen molar-refractivity contribution < 1.29 is 0 Å². The minimum atomic E-state index is 0.393. The molecule has 0 bridgehead atoms. The first-order valence-corrected chi connectivity index (χ1v) is 8.64. The Bertz CT molecular complexity index is 425. The molecule has 0 saturated carbocycles. The van der Waals surface area contributed by atoms with Crippen LogP contribution in [0.5, 0.6) is 0 Å². The topological polar surface area (TPSA) is 24.1 Å². The lowest BCUT2D eigenvalue weighted by atomic mass is 9.86. The molecule has 1 aliphatic rings. The standard InChI is InChI=1S/C19H32N2/c1-4-5-8-12-19(2,3)15-21-18-11-13-20-14-16-9-6-7-10-17(16)18/h6-7,9-10,18,20-21H,4-5,8,11-15H2,1-3H3.